The van der Waals surface area contributed by atoms with Gasteiger partial charge in [0, 0.05) is 33.0 Å². The van der Waals surface area contributed by atoms with Crippen LogP contribution in [0.5, 0.6) is 0 Å². The summed E-state index contributed by atoms with van der Waals surface area (Å²) in [6.45, 7) is 0. The molecule has 8 aromatic carbocycles. The van der Waals surface area contributed by atoms with E-state index in [1.165, 1.54) is 0 Å². The highest BCUT2D eigenvalue weighted by molar-refractivity contribution is 6.10. The lowest BCUT2D eigenvalue weighted by Gasteiger charge is -2.20. The van der Waals surface area contributed by atoms with Crippen molar-refractivity contribution in [1.29, 1.82) is 0 Å². The second-order valence-electron chi connectivity index (χ2n) is 13.1. The van der Waals surface area contributed by atoms with Crippen molar-refractivity contribution in [1.82, 2.24) is 19.5 Å². The molecule has 10 aromatic rings. The molecule has 2 heterocycles. The standard InChI is InChI=1S/C51H34N4/c1-5-18-35(19-6-1)39-32-40(36-20-7-2-8-21-36)34-41(33-39)42-28-17-29-45(48(42)55-46-30-15-13-26-43(46)44-27-14-16-31-47(44)55)51-53-49(37-22-9-3-10-23-37)52-50(54-51)38-24-11-4-12-25-38/h1-34H/i13D,14D,15D,16D,26D,27D,30D,31D. The topological polar surface area (TPSA) is 43.6 Å². The molecule has 0 saturated carbocycles. The Morgan fingerprint density at radius 3 is 1.24 bits per heavy atom. The molecular formula is C51H34N4. The van der Waals surface area contributed by atoms with Crippen LogP contribution in [0, 0.1) is 0 Å². The second kappa shape index (κ2) is 13.8. The van der Waals surface area contributed by atoms with E-state index in [2.05, 4.69) is 18.2 Å². The van der Waals surface area contributed by atoms with Crippen LogP contribution in [0.4, 0.5) is 0 Å². The van der Waals surface area contributed by atoms with Gasteiger partial charge in [0.1, 0.15) is 0 Å². The molecule has 0 aliphatic carbocycles. The van der Waals surface area contributed by atoms with Crippen molar-refractivity contribution < 1.29 is 11.0 Å². The van der Waals surface area contributed by atoms with E-state index < -0.39 is 48.3 Å². The van der Waals surface area contributed by atoms with Crippen molar-refractivity contribution in [2.24, 2.45) is 0 Å². The van der Waals surface area contributed by atoms with E-state index in [1.807, 2.05) is 140 Å². The molecular weight excluding hydrogens is 669 g/mol. The molecule has 258 valence electrons. The van der Waals surface area contributed by atoms with Gasteiger partial charge < -0.3 is 4.57 Å². The van der Waals surface area contributed by atoms with Crippen LogP contribution >= 0.6 is 0 Å². The predicted molar refractivity (Wildman–Crippen MR) is 227 cm³/mol. The third kappa shape index (κ3) is 5.96. The molecule has 0 amide bonds. The summed E-state index contributed by atoms with van der Waals surface area (Å²) in [5, 5.41) is -0.0604. The minimum Gasteiger partial charge on any atom is -0.308 e. The van der Waals surface area contributed by atoms with E-state index >= 15 is 0 Å². The van der Waals surface area contributed by atoms with E-state index in [9.17, 15) is 5.48 Å². The van der Waals surface area contributed by atoms with Crippen LogP contribution in [0.15, 0.2) is 206 Å². The number of hydrogen-bond acceptors (Lipinski definition) is 3. The summed E-state index contributed by atoms with van der Waals surface area (Å²) in [7, 11) is 0. The van der Waals surface area contributed by atoms with E-state index in [0.717, 1.165) is 38.9 Å². The van der Waals surface area contributed by atoms with Gasteiger partial charge in [-0.25, -0.2) is 15.0 Å². The second-order valence-corrected chi connectivity index (χ2v) is 13.1. The summed E-state index contributed by atoms with van der Waals surface area (Å²) in [5.41, 5.74) is 7.28. The van der Waals surface area contributed by atoms with Crippen molar-refractivity contribution in [3.05, 3.63) is 206 Å². The number of rotatable bonds is 7. The van der Waals surface area contributed by atoms with Gasteiger partial charge >= 0.3 is 0 Å². The van der Waals surface area contributed by atoms with Crippen molar-refractivity contribution in [2.45, 2.75) is 0 Å². The summed E-state index contributed by atoms with van der Waals surface area (Å²) >= 11 is 0. The number of para-hydroxylation sites is 3. The molecule has 0 aliphatic rings. The van der Waals surface area contributed by atoms with Gasteiger partial charge in [-0.15, -0.1) is 0 Å². The molecule has 4 nitrogen and oxygen atoms in total. The molecule has 0 fully saturated rings. The van der Waals surface area contributed by atoms with Crippen LogP contribution in [-0.2, 0) is 0 Å². The highest BCUT2D eigenvalue weighted by Gasteiger charge is 2.23. The van der Waals surface area contributed by atoms with Crippen molar-refractivity contribution in [3.8, 4) is 73.2 Å². The molecule has 10 rings (SSSR count). The number of aromatic nitrogens is 4. The first-order valence-corrected chi connectivity index (χ1v) is 17.9. The van der Waals surface area contributed by atoms with Gasteiger partial charge in [-0.05, 0) is 64.2 Å². The molecule has 0 aliphatic heterocycles. The molecule has 4 heteroatoms. The molecule has 0 radical (unpaired) electrons. The van der Waals surface area contributed by atoms with E-state index in [1.54, 1.807) is 4.57 Å². The lowest BCUT2D eigenvalue weighted by molar-refractivity contribution is 1.06. The van der Waals surface area contributed by atoms with Crippen molar-refractivity contribution >= 4 is 21.8 Å². The third-order valence-electron chi connectivity index (χ3n) is 9.69. The maximum Gasteiger partial charge on any atom is 0.166 e. The zero-order valence-corrected chi connectivity index (χ0v) is 29.3. The molecule has 2 aromatic heterocycles. The SMILES string of the molecule is [2H]c1c([2H])c([2H])c2c(c1[2H])c1c([2H])c([2H])c([2H])c([2H])c1n2-c1c(-c2cc(-c3ccccc3)cc(-c3ccccc3)c2)cccc1-c1nc(-c2ccccc2)nc(-c2ccccc2)n1. The Hall–Kier alpha value is -7.43. The largest absolute Gasteiger partial charge is 0.308 e. The lowest BCUT2D eigenvalue weighted by Crippen LogP contribution is -2.05. The molecule has 0 bridgehead atoms. The zero-order chi connectivity index (χ0) is 43.5. The van der Waals surface area contributed by atoms with Crippen LogP contribution in [0.2, 0.25) is 0 Å². The van der Waals surface area contributed by atoms with Crippen LogP contribution in [0.1, 0.15) is 11.0 Å². The van der Waals surface area contributed by atoms with Gasteiger partial charge in [0.25, 0.3) is 0 Å². The highest BCUT2D eigenvalue weighted by atomic mass is 15.1. The Morgan fingerprint density at radius 1 is 0.345 bits per heavy atom. The Morgan fingerprint density at radius 2 is 0.745 bits per heavy atom. The molecule has 55 heavy (non-hydrogen) atoms. The van der Waals surface area contributed by atoms with Crippen molar-refractivity contribution in [2.75, 3.05) is 0 Å². The van der Waals surface area contributed by atoms with Gasteiger partial charge in [0.05, 0.1) is 27.7 Å². The summed E-state index contributed by atoms with van der Waals surface area (Å²) < 4.78 is 74.2. The highest BCUT2D eigenvalue weighted by Crippen LogP contribution is 2.43. The monoisotopic (exact) mass is 710 g/mol. The van der Waals surface area contributed by atoms with E-state index in [4.69, 9.17) is 20.4 Å². The number of nitrogens with zero attached hydrogens (tertiary/aromatic N) is 4. The van der Waals surface area contributed by atoms with Crippen LogP contribution < -0.4 is 0 Å². The van der Waals surface area contributed by atoms with Crippen LogP contribution in [0.25, 0.3) is 95.0 Å². The maximum atomic E-state index is 9.46. The quantitative estimate of drug-likeness (QED) is 0.165. The first-order valence-electron chi connectivity index (χ1n) is 21.9. The Kier molecular flexibility index (Phi) is 6.23. The summed E-state index contributed by atoms with van der Waals surface area (Å²) in [6.07, 6.45) is 0. The summed E-state index contributed by atoms with van der Waals surface area (Å²) in [4.78, 5) is 15.1. The van der Waals surface area contributed by atoms with Gasteiger partial charge in [-0.2, -0.15) is 0 Å². The molecule has 0 atom stereocenters. The molecule has 0 spiro atoms. The normalized spacial score (nSPS) is 13.3. The number of benzene rings is 8. The first-order chi connectivity index (χ1) is 30.6. The van der Waals surface area contributed by atoms with E-state index in [0.29, 0.717) is 28.5 Å². The molecule has 0 saturated heterocycles. The van der Waals surface area contributed by atoms with Crippen molar-refractivity contribution in [3.63, 3.8) is 0 Å². The summed E-state index contributed by atoms with van der Waals surface area (Å²) in [6, 6.07) is 47.1. The Labute approximate surface area is 331 Å². The zero-order valence-electron chi connectivity index (χ0n) is 37.3. The maximum absolute atomic E-state index is 9.46. The number of hydrogen-bond donors (Lipinski definition) is 0. The minimum atomic E-state index is -0.520. The average molecular weight is 711 g/mol. The van der Waals surface area contributed by atoms with Crippen LogP contribution in [0.3, 0.4) is 0 Å². The minimum absolute atomic E-state index is 0.0141. The summed E-state index contributed by atoms with van der Waals surface area (Å²) in [5.74, 6) is 1.01. The van der Waals surface area contributed by atoms with Gasteiger partial charge in [-0.3, -0.25) is 0 Å². The fourth-order valence-corrected chi connectivity index (χ4v) is 7.15. The third-order valence-corrected chi connectivity index (χ3v) is 9.69. The van der Waals surface area contributed by atoms with Gasteiger partial charge in [-0.1, -0.05) is 170 Å². The fourth-order valence-electron chi connectivity index (χ4n) is 7.15. The lowest BCUT2D eigenvalue weighted by atomic mass is 9.91. The van der Waals surface area contributed by atoms with E-state index in [-0.39, 0.29) is 27.6 Å². The Bertz CT molecular complexity index is 3080. The number of fused-ring (bicyclic) bond motifs is 3. The first kappa shape index (κ1) is 24.7. The molecule has 0 unspecified atom stereocenters. The Balaban J connectivity index is 1.41. The van der Waals surface area contributed by atoms with Crippen LogP contribution in [-0.4, -0.2) is 19.5 Å². The molecule has 0 N–H and O–H groups in total. The predicted octanol–water partition coefficient (Wildman–Crippen LogP) is 13.0. The average Bonchev–Trinajstić information content (AvgIpc) is 3.70. The van der Waals surface area contributed by atoms with Gasteiger partial charge in [0.2, 0.25) is 0 Å². The smallest absolute Gasteiger partial charge is 0.166 e. The van der Waals surface area contributed by atoms with Gasteiger partial charge in [0.15, 0.2) is 17.5 Å². The fraction of sp³-hybridized carbons (Fsp3) is 0.